The van der Waals surface area contributed by atoms with Crippen LogP contribution in [0.3, 0.4) is 0 Å². The van der Waals surface area contributed by atoms with E-state index in [1.54, 1.807) is 0 Å². The lowest BCUT2D eigenvalue weighted by Crippen LogP contribution is -2.43. The van der Waals surface area contributed by atoms with Crippen molar-refractivity contribution in [2.45, 2.75) is 51.2 Å². The fraction of sp³-hybridized carbons (Fsp3) is 0.480. The van der Waals surface area contributed by atoms with E-state index in [2.05, 4.69) is 46.6 Å². The van der Waals surface area contributed by atoms with Gasteiger partial charge in [0.05, 0.1) is 0 Å². The zero-order valence-corrected chi connectivity index (χ0v) is 17.4. The van der Waals surface area contributed by atoms with E-state index >= 15 is 0 Å². The normalized spacial score (nSPS) is 18.7. The molecule has 0 bridgehead atoms. The third kappa shape index (κ3) is 5.26. The van der Waals surface area contributed by atoms with Gasteiger partial charge in [-0.3, -0.25) is 15.0 Å². The van der Waals surface area contributed by atoms with Crippen LogP contribution >= 0.6 is 0 Å². The van der Waals surface area contributed by atoms with E-state index in [0.29, 0.717) is 6.54 Å². The molecular formula is C25H33N3O. The smallest absolute Gasteiger partial charge is 0.244 e. The molecule has 0 saturated carbocycles. The minimum atomic E-state index is -0.283. The molecule has 2 aliphatic heterocycles. The zero-order valence-electron chi connectivity index (χ0n) is 17.4. The number of nitrogens with zero attached hydrogens (tertiary/aromatic N) is 2. The third-order valence-corrected chi connectivity index (χ3v) is 6.26. The summed E-state index contributed by atoms with van der Waals surface area (Å²) in [6.07, 6.45) is 6.08. The van der Waals surface area contributed by atoms with Crippen LogP contribution < -0.4 is 5.32 Å². The SMILES string of the molecule is O=C([C@H](NCc1ccccc1CN1CCCC1)c1ccccc1)N1CCCCC1. The molecule has 0 aromatic heterocycles. The first kappa shape index (κ1) is 20.1. The van der Waals surface area contributed by atoms with Gasteiger partial charge in [-0.2, -0.15) is 0 Å². The molecule has 2 aliphatic rings. The molecule has 1 atom stereocenters. The number of benzene rings is 2. The van der Waals surface area contributed by atoms with Crippen LogP contribution in [0.2, 0.25) is 0 Å². The van der Waals surface area contributed by atoms with Crippen molar-refractivity contribution < 1.29 is 4.79 Å². The number of hydrogen-bond acceptors (Lipinski definition) is 3. The Kier molecular flexibility index (Phi) is 6.96. The maximum atomic E-state index is 13.3. The highest BCUT2D eigenvalue weighted by molar-refractivity contribution is 5.83. The van der Waals surface area contributed by atoms with Crippen LogP contribution in [0.25, 0.3) is 0 Å². The number of amides is 1. The second kappa shape index (κ2) is 10.0. The van der Waals surface area contributed by atoms with Crippen molar-refractivity contribution in [2.75, 3.05) is 26.2 Å². The Labute approximate surface area is 174 Å². The monoisotopic (exact) mass is 391 g/mol. The lowest BCUT2D eigenvalue weighted by Gasteiger charge is -2.31. The summed E-state index contributed by atoms with van der Waals surface area (Å²) in [5.74, 6) is 0.216. The highest BCUT2D eigenvalue weighted by atomic mass is 16.2. The largest absolute Gasteiger partial charge is 0.341 e. The minimum absolute atomic E-state index is 0.216. The molecule has 0 unspecified atom stereocenters. The van der Waals surface area contributed by atoms with Gasteiger partial charge in [0.15, 0.2) is 0 Å². The second-order valence-electron chi connectivity index (χ2n) is 8.36. The molecule has 0 spiro atoms. The Morgan fingerprint density at radius 3 is 2.14 bits per heavy atom. The highest BCUT2D eigenvalue weighted by Crippen LogP contribution is 2.21. The molecular weight excluding hydrogens is 358 g/mol. The van der Waals surface area contributed by atoms with Crippen molar-refractivity contribution in [2.24, 2.45) is 0 Å². The number of piperidine rings is 1. The lowest BCUT2D eigenvalue weighted by molar-refractivity contribution is -0.134. The van der Waals surface area contributed by atoms with E-state index in [4.69, 9.17) is 0 Å². The van der Waals surface area contributed by atoms with Gasteiger partial charge in [-0.05, 0) is 61.9 Å². The summed E-state index contributed by atoms with van der Waals surface area (Å²) in [5.41, 5.74) is 3.73. The van der Waals surface area contributed by atoms with Crippen LogP contribution in [0, 0.1) is 0 Å². The van der Waals surface area contributed by atoms with Gasteiger partial charge in [0.1, 0.15) is 6.04 Å². The summed E-state index contributed by atoms with van der Waals surface area (Å²) in [5, 5.41) is 3.60. The van der Waals surface area contributed by atoms with Gasteiger partial charge in [0.25, 0.3) is 0 Å². The van der Waals surface area contributed by atoms with Gasteiger partial charge in [-0.25, -0.2) is 0 Å². The minimum Gasteiger partial charge on any atom is -0.341 e. The molecule has 4 heteroatoms. The summed E-state index contributed by atoms with van der Waals surface area (Å²) >= 11 is 0. The Bertz CT molecular complexity index is 780. The summed E-state index contributed by atoms with van der Waals surface area (Å²) in [6.45, 7) is 5.88. The molecule has 4 rings (SSSR count). The first-order valence-electron chi connectivity index (χ1n) is 11.2. The second-order valence-corrected chi connectivity index (χ2v) is 8.36. The summed E-state index contributed by atoms with van der Waals surface area (Å²) < 4.78 is 0. The molecule has 2 heterocycles. The van der Waals surface area contributed by atoms with Crippen LogP contribution in [-0.4, -0.2) is 41.9 Å². The Morgan fingerprint density at radius 2 is 1.41 bits per heavy atom. The number of carbonyl (C=O) groups is 1. The van der Waals surface area contributed by atoms with Crippen LogP contribution in [0.4, 0.5) is 0 Å². The Hall–Kier alpha value is -2.17. The van der Waals surface area contributed by atoms with Crippen LogP contribution in [0.15, 0.2) is 54.6 Å². The van der Waals surface area contributed by atoms with Crippen molar-refractivity contribution in [1.82, 2.24) is 15.1 Å². The van der Waals surface area contributed by atoms with Crippen LogP contribution in [0.5, 0.6) is 0 Å². The molecule has 2 fully saturated rings. The summed E-state index contributed by atoms with van der Waals surface area (Å²) in [7, 11) is 0. The molecule has 2 aromatic carbocycles. The molecule has 29 heavy (non-hydrogen) atoms. The Morgan fingerprint density at radius 1 is 0.793 bits per heavy atom. The molecule has 1 amide bonds. The van der Waals surface area contributed by atoms with E-state index in [1.165, 1.54) is 43.5 Å². The van der Waals surface area contributed by atoms with Gasteiger partial charge < -0.3 is 4.90 Å². The summed E-state index contributed by atoms with van der Waals surface area (Å²) in [6, 6.07) is 18.6. The van der Waals surface area contributed by atoms with Gasteiger partial charge in [-0.15, -0.1) is 0 Å². The van der Waals surface area contributed by atoms with Crippen LogP contribution in [-0.2, 0) is 17.9 Å². The number of rotatable bonds is 7. The molecule has 0 radical (unpaired) electrons. The molecule has 4 nitrogen and oxygen atoms in total. The number of carbonyl (C=O) groups excluding carboxylic acids is 1. The van der Waals surface area contributed by atoms with Crippen molar-refractivity contribution in [3.63, 3.8) is 0 Å². The fourth-order valence-electron chi connectivity index (χ4n) is 4.57. The predicted octanol–water partition coefficient (Wildman–Crippen LogP) is 4.13. The Balaban J connectivity index is 1.49. The first-order valence-corrected chi connectivity index (χ1v) is 11.2. The number of likely N-dealkylation sites (tertiary alicyclic amines) is 2. The van der Waals surface area contributed by atoms with Crippen molar-refractivity contribution in [3.8, 4) is 0 Å². The van der Waals surface area contributed by atoms with E-state index in [-0.39, 0.29) is 11.9 Å². The maximum Gasteiger partial charge on any atom is 0.244 e. The highest BCUT2D eigenvalue weighted by Gasteiger charge is 2.26. The van der Waals surface area contributed by atoms with Crippen LogP contribution in [0.1, 0.15) is 54.8 Å². The van der Waals surface area contributed by atoms with Crippen molar-refractivity contribution >= 4 is 5.91 Å². The molecule has 0 aliphatic carbocycles. The van der Waals surface area contributed by atoms with Crippen molar-refractivity contribution in [3.05, 3.63) is 71.3 Å². The fourth-order valence-corrected chi connectivity index (χ4v) is 4.57. The van der Waals surface area contributed by atoms with Gasteiger partial charge >= 0.3 is 0 Å². The first-order chi connectivity index (χ1) is 14.3. The summed E-state index contributed by atoms with van der Waals surface area (Å²) in [4.78, 5) is 17.9. The lowest BCUT2D eigenvalue weighted by atomic mass is 10.0. The number of nitrogens with one attached hydrogen (secondary N) is 1. The van der Waals surface area contributed by atoms with Gasteiger partial charge in [0.2, 0.25) is 5.91 Å². The molecule has 1 N–H and O–H groups in total. The van der Waals surface area contributed by atoms with Gasteiger partial charge in [0, 0.05) is 26.2 Å². The van der Waals surface area contributed by atoms with Crippen molar-refractivity contribution in [1.29, 1.82) is 0 Å². The zero-order chi connectivity index (χ0) is 19.9. The average molecular weight is 392 g/mol. The standard InChI is InChI=1S/C25H33N3O/c29-25(28-17-7-2-8-18-28)24(21-11-3-1-4-12-21)26-19-22-13-5-6-14-23(22)20-27-15-9-10-16-27/h1,3-6,11-14,24,26H,2,7-10,15-20H2/t24-/m1/s1. The molecule has 2 saturated heterocycles. The predicted molar refractivity (Wildman–Crippen MR) is 117 cm³/mol. The van der Waals surface area contributed by atoms with Gasteiger partial charge in [-0.1, -0.05) is 54.6 Å². The third-order valence-electron chi connectivity index (χ3n) is 6.26. The number of hydrogen-bond donors (Lipinski definition) is 1. The quantitative estimate of drug-likeness (QED) is 0.771. The topological polar surface area (TPSA) is 35.6 Å². The van der Waals surface area contributed by atoms with E-state index in [0.717, 1.165) is 38.0 Å². The average Bonchev–Trinajstić information content (AvgIpc) is 3.29. The maximum absolute atomic E-state index is 13.3. The van der Waals surface area contributed by atoms with E-state index in [1.807, 2.05) is 23.1 Å². The molecule has 154 valence electrons. The van der Waals surface area contributed by atoms with E-state index in [9.17, 15) is 4.79 Å². The van der Waals surface area contributed by atoms with E-state index < -0.39 is 0 Å². The molecule has 2 aromatic rings.